The van der Waals surface area contributed by atoms with Gasteiger partial charge in [0.1, 0.15) is 5.82 Å². The third-order valence-electron chi connectivity index (χ3n) is 2.95. The summed E-state index contributed by atoms with van der Waals surface area (Å²) in [6.45, 7) is 4.27. The maximum absolute atomic E-state index is 13.9. The van der Waals surface area contributed by atoms with Crippen molar-refractivity contribution in [2.75, 3.05) is 0 Å². The van der Waals surface area contributed by atoms with Crippen molar-refractivity contribution in [2.45, 2.75) is 38.6 Å². The van der Waals surface area contributed by atoms with Crippen LogP contribution in [0.15, 0.2) is 22.7 Å². The van der Waals surface area contributed by atoms with Crippen LogP contribution in [0.3, 0.4) is 0 Å². The zero-order chi connectivity index (χ0) is 14.8. The van der Waals surface area contributed by atoms with Crippen LogP contribution < -0.4 is 0 Å². The molecule has 2 N–H and O–H groups in total. The van der Waals surface area contributed by atoms with Crippen LogP contribution in [0.1, 0.15) is 26.3 Å². The molecule has 6 heteroatoms. The first-order valence-corrected chi connectivity index (χ1v) is 6.52. The van der Waals surface area contributed by atoms with Crippen molar-refractivity contribution in [3.63, 3.8) is 0 Å². The van der Waals surface area contributed by atoms with E-state index in [1.165, 1.54) is 39.0 Å². The molecule has 1 rings (SSSR count). The number of carboxylic acid groups (broad SMARTS) is 1. The van der Waals surface area contributed by atoms with Gasteiger partial charge in [-0.25, -0.2) is 9.18 Å². The van der Waals surface area contributed by atoms with Crippen molar-refractivity contribution in [1.82, 2.24) is 0 Å². The number of aliphatic hydroxyl groups is 1. The van der Waals surface area contributed by atoms with Crippen molar-refractivity contribution in [1.29, 1.82) is 0 Å². The topological polar surface area (TPSA) is 66.8 Å². The summed E-state index contributed by atoms with van der Waals surface area (Å²) in [5.41, 5.74) is -1.95. The van der Waals surface area contributed by atoms with Gasteiger partial charge in [-0.15, -0.1) is 0 Å². The van der Waals surface area contributed by atoms with E-state index in [4.69, 9.17) is 4.74 Å². The summed E-state index contributed by atoms with van der Waals surface area (Å²) in [5.74, 6) is -2.00. The molecule has 0 fully saturated rings. The highest BCUT2D eigenvalue weighted by Gasteiger charge is 2.41. The van der Waals surface area contributed by atoms with Crippen molar-refractivity contribution in [3.05, 3.63) is 34.1 Å². The van der Waals surface area contributed by atoms with Gasteiger partial charge >= 0.3 is 5.97 Å². The average Bonchev–Trinajstić information content (AvgIpc) is 2.27. The molecule has 1 aromatic carbocycles. The minimum Gasteiger partial charge on any atom is -0.479 e. The third-order valence-corrected chi connectivity index (χ3v) is 3.45. The van der Waals surface area contributed by atoms with Gasteiger partial charge in [-0.3, -0.25) is 0 Å². The lowest BCUT2D eigenvalue weighted by Crippen LogP contribution is -2.41. The summed E-state index contributed by atoms with van der Waals surface area (Å²) in [6.07, 6.45) is -1.61. The molecule has 0 amide bonds. The van der Waals surface area contributed by atoms with Gasteiger partial charge in [0.05, 0.1) is 12.2 Å². The van der Waals surface area contributed by atoms with Crippen LogP contribution >= 0.6 is 15.9 Å². The number of benzene rings is 1. The molecule has 3 unspecified atom stereocenters. The molecule has 0 aliphatic rings. The summed E-state index contributed by atoms with van der Waals surface area (Å²) in [7, 11) is 0. The first-order valence-electron chi connectivity index (χ1n) is 5.73. The number of hydrogen-bond donors (Lipinski definition) is 2. The van der Waals surface area contributed by atoms with Gasteiger partial charge in [0, 0.05) is 10.0 Å². The molecule has 0 aliphatic carbocycles. The second-order valence-corrected chi connectivity index (χ2v) is 5.44. The van der Waals surface area contributed by atoms with Crippen LogP contribution in [-0.2, 0) is 15.1 Å². The molecule has 1 aromatic rings. The fourth-order valence-electron chi connectivity index (χ4n) is 1.58. The maximum Gasteiger partial charge on any atom is 0.340 e. The molecule has 0 aromatic heterocycles. The van der Waals surface area contributed by atoms with Gasteiger partial charge in [-0.05, 0) is 32.9 Å². The normalized spacial score (nSPS) is 17.6. The van der Waals surface area contributed by atoms with E-state index in [0.29, 0.717) is 4.47 Å². The standard InChI is InChI=1S/C13H16BrFO4/c1-7(16)8(2)19-13(3,12(17)18)10-5-4-9(14)6-11(10)15/h4-8,16H,1-3H3,(H,17,18). The van der Waals surface area contributed by atoms with Crippen LogP contribution in [0.5, 0.6) is 0 Å². The Labute approximate surface area is 119 Å². The van der Waals surface area contributed by atoms with E-state index in [0.717, 1.165) is 0 Å². The number of aliphatic hydroxyl groups excluding tert-OH is 1. The average molecular weight is 335 g/mol. The van der Waals surface area contributed by atoms with Gasteiger partial charge in [-0.2, -0.15) is 0 Å². The van der Waals surface area contributed by atoms with Crippen molar-refractivity contribution >= 4 is 21.9 Å². The summed E-state index contributed by atoms with van der Waals surface area (Å²) in [6, 6.07) is 4.06. The van der Waals surface area contributed by atoms with E-state index in [9.17, 15) is 19.4 Å². The molecule has 0 spiro atoms. The van der Waals surface area contributed by atoms with Gasteiger partial charge in [0.25, 0.3) is 0 Å². The number of carboxylic acids is 1. The highest BCUT2D eigenvalue weighted by atomic mass is 79.9. The lowest BCUT2D eigenvalue weighted by Gasteiger charge is -2.30. The Kier molecular flexibility index (Phi) is 5.06. The Hall–Kier alpha value is -0.980. The fourth-order valence-corrected chi connectivity index (χ4v) is 1.91. The van der Waals surface area contributed by atoms with Gasteiger partial charge in [-0.1, -0.05) is 22.0 Å². The highest BCUT2D eigenvalue weighted by molar-refractivity contribution is 9.10. The second kappa shape index (κ2) is 5.98. The molecule has 0 radical (unpaired) electrons. The monoisotopic (exact) mass is 334 g/mol. The molecule has 106 valence electrons. The number of carbonyl (C=O) groups is 1. The van der Waals surface area contributed by atoms with E-state index in [1.54, 1.807) is 0 Å². The molecule has 0 bridgehead atoms. The van der Waals surface area contributed by atoms with Crippen molar-refractivity contribution < 1.29 is 24.1 Å². The molecular formula is C13H16BrFO4. The van der Waals surface area contributed by atoms with E-state index in [2.05, 4.69) is 15.9 Å². The van der Waals surface area contributed by atoms with Crippen molar-refractivity contribution in [3.8, 4) is 0 Å². The van der Waals surface area contributed by atoms with E-state index in [-0.39, 0.29) is 5.56 Å². The number of halogens is 2. The third kappa shape index (κ3) is 3.52. The number of rotatable bonds is 5. The zero-order valence-electron chi connectivity index (χ0n) is 10.9. The van der Waals surface area contributed by atoms with Crippen LogP contribution in [0.4, 0.5) is 4.39 Å². The Morgan fingerprint density at radius 1 is 1.47 bits per heavy atom. The number of aliphatic carboxylic acids is 1. The first kappa shape index (κ1) is 16.1. The summed E-state index contributed by atoms with van der Waals surface area (Å²) in [5, 5.41) is 18.7. The largest absolute Gasteiger partial charge is 0.479 e. The minimum atomic E-state index is -1.86. The molecule has 19 heavy (non-hydrogen) atoms. The van der Waals surface area contributed by atoms with Gasteiger partial charge in [0.15, 0.2) is 5.60 Å². The molecule has 0 saturated carbocycles. The predicted molar refractivity (Wildman–Crippen MR) is 71.3 cm³/mol. The second-order valence-electron chi connectivity index (χ2n) is 4.53. The first-order chi connectivity index (χ1) is 8.68. The van der Waals surface area contributed by atoms with Crippen LogP contribution in [0, 0.1) is 5.82 Å². The van der Waals surface area contributed by atoms with Crippen LogP contribution in [0.2, 0.25) is 0 Å². The SMILES string of the molecule is CC(O)C(C)OC(C)(C(=O)O)c1ccc(Br)cc1F. The molecule has 0 aliphatic heterocycles. The lowest BCUT2D eigenvalue weighted by atomic mass is 9.94. The smallest absolute Gasteiger partial charge is 0.340 e. The Bertz CT molecular complexity index is 478. The number of ether oxygens (including phenoxy) is 1. The highest BCUT2D eigenvalue weighted by Crippen LogP contribution is 2.31. The van der Waals surface area contributed by atoms with Gasteiger partial charge in [0.2, 0.25) is 0 Å². The quantitative estimate of drug-likeness (QED) is 0.868. The molecule has 0 saturated heterocycles. The summed E-state index contributed by atoms with van der Waals surface area (Å²) >= 11 is 3.11. The predicted octanol–water partition coefficient (Wildman–Crippen LogP) is 2.67. The van der Waals surface area contributed by atoms with E-state index in [1.807, 2.05) is 0 Å². The Morgan fingerprint density at radius 3 is 2.47 bits per heavy atom. The number of hydrogen-bond acceptors (Lipinski definition) is 3. The van der Waals surface area contributed by atoms with Gasteiger partial charge < -0.3 is 14.9 Å². The lowest BCUT2D eigenvalue weighted by molar-refractivity contribution is -0.179. The fraction of sp³-hybridized carbons (Fsp3) is 0.462. The van der Waals surface area contributed by atoms with E-state index >= 15 is 0 Å². The summed E-state index contributed by atoms with van der Waals surface area (Å²) < 4.78 is 19.8. The zero-order valence-corrected chi connectivity index (χ0v) is 12.4. The van der Waals surface area contributed by atoms with Crippen LogP contribution in [-0.4, -0.2) is 28.4 Å². The molecular weight excluding hydrogens is 319 g/mol. The minimum absolute atomic E-state index is 0.0873. The van der Waals surface area contributed by atoms with Crippen molar-refractivity contribution in [2.24, 2.45) is 0 Å². The van der Waals surface area contributed by atoms with E-state index < -0.39 is 29.6 Å². The summed E-state index contributed by atoms with van der Waals surface area (Å²) in [4.78, 5) is 11.4. The Morgan fingerprint density at radius 2 is 2.05 bits per heavy atom. The Balaban J connectivity index is 3.22. The molecule has 0 heterocycles. The maximum atomic E-state index is 13.9. The molecule has 4 nitrogen and oxygen atoms in total. The molecule has 3 atom stereocenters. The van der Waals surface area contributed by atoms with Crippen LogP contribution in [0.25, 0.3) is 0 Å².